The third kappa shape index (κ3) is 4.73. The molecule has 0 aromatic carbocycles. The Balaban J connectivity index is 2.26. The molecule has 0 saturated carbocycles. The summed E-state index contributed by atoms with van der Waals surface area (Å²) in [6.07, 6.45) is 1.10. The van der Waals surface area contributed by atoms with Gasteiger partial charge >= 0.3 is 0 Å². The van der Waals surface area contributed by atoms with E-state index >= 15 is 0 Å². The molecule has 1 atom stereocenters. The average molecular weight is 300 g/mol. The molecule has 1 aromatic rings. The molecule has 1 aromatic heterocycles. The smallest absolute Gasteiger partial charge is 0.0701 e. The molecule has 1 unspecified atom stereocenters. The van der Waals surface area contributed by atoms with Gasteiger partial charge in [0, 0.05) is 21.8 Å². The van der Waals surface area contributed by atoms with Crippen LogP contribution in [-0.2, 0) is 5.75 Å². The first-order valence-corrected chi connectivity index (χ1v) is 7.33. The highest BCUT2D eigenvalue weighted by atomic mass is 79.9. The van der Waals surface area contributed by atoms with Gasteiger partial charge in [-0.05, 0) is 34.5 Å². The van der Waals surface area contributed by atoms with E-state index in [9.17, 15) is 0 Å². The maximum absolute atomic E-state index is 5.66. The molecule has 0 N–H and O–H groups in total. The van der Waals surface area contributed by atoms with Gasteiger partial charge in [-0.1, -0.05) is 6.92 Å². The predicted molar refractivity (Wildman–Crippen MR) is 68.1 cm³/mol. The number of rotatable bonds is 5. The Bertz CT molecular complexity index is 250. The van der Waals surface area contributed by atoms with Crippen molar-refractivity contribution in [2.75, 3.05) is 5.88 Å². The fraction of sp³-hybridized carbons (Fsp3) is 0.556. The zero-order chi connectivity index (χ0) is 9.68. The Hall–Kier alpha value is 0.820. The molecule has 74 valence electrons. The van der Waals surface area contributed by atoms with Gasteiger partial charge in [0.25, 0.3) is 0 Å². The summed E-state index contributed by atoms with van der Waals surface area (Å²) in [4.78, 5) is 1.43. The summed E-state index contributed by atoms with van der Waals surface area (Å²) in [7, 11) is 0. The minimum absolute atomic E-state index is 0.665. The van der Waals surface area contributed by atoms with Gasteiger partial charge < -0.3 is 0 Å². The Morgan fingerprint density at radius 2 is 2.38 bits per heavy atom. The lowest BCUT2D eigenvalue weighted by atomic mass is 10.4. The van der Waals surface area contributed by atoms with Gasteiger partial charge in [-0.25, -0.2) is 0 Å². The van der Waals surface area contributed by atoms with Crippen molar-refractivity contribution in [2.24, 2.45) is 0 Å². The van der Waals surface area contributed by atoms with Crippen LogP contribution in [0.5, 0.6) is 0 Å². The van der Waals surface area contributed by atoms with E-state index in [0.29, 0.717) is 5.25 Å². The van der Waals surface area contributed by atoms with Crippen LogP contribution in [-0.4, -0.2) is 11.1 Å². The highest BCUT2D eigenvalue weighted by molar-refractivity contribution is 9.11. The molecule has 0 bridgehead atoms. The van der Waals surface area contributed by atoms with Gasteiger partial charge in [-0.15, -0.1) is 22.9 Å². The number of hydrogen-bond donors (Lipinski definition) is 0. The van der Waals surface area contributed by atoms with Crippen molar-refractivity contribution < 1.29 is 0 Å². The molecule has 1 heterocycles. The van der Waals surface area contributed by atoms with E-state index in [1.54, 1.807) is 0 Å². The molecule has 0 radical (unpaired) electrons. The first-order valence-electron chi connectivity index (χ1n) is 4.14. The van der Waals surface area contributed by atoms with Crippen LogP contribution in [0.2, 0.25) is 0 Å². The van der Waals surface area contributed by atoms with Crippen LogP contribution >= 0.6 is 50.6 Å². The van der Waals surface area contributed by atoms with Crippen molar-refractivity contribution in [3.8, 4) is 0 Å². The van der Waals surface area contributed by atoms with Crippen LogP contribution < -0.4 is 0 Å². The number of thiophene rings is 1. The predicted octanol–water partition coefficient (Wildman–Crippen LogP) is 4.76. The molecular formula is C9H12BrClS2. The molecule has 0 spiro atoms. The first-order chi connectivity index (χ1) is 6.22. The summed E-state index contributed by atoms with van der Waals surface area (Å²) in [5.74, 6) is 1.87. The monoisotopic (exact) mass is 298 g/mol. The molecule has 0 fully saturated rings. The zero-order valence-electron chi connectivity index (χ0n) is 7.43. The fourth-order valence-corrected chi connectivity index (χ4v) is 3.90. The van der Waals surface area contributed by atoms with E-state index < -0.39 is 0 Å². The summed E-state index contributed by atoms with van der Waals surface area (Å²) in [6, 6.07) is 4.28. The van der Waals surface area contributed by atoms with Crippen LogP contribution in [0.3, 0.4) is 0 Å². The fourth-order valence-electron chi connectivity index (χ4n) is 0.891. The quantitative estimate of drug-likeness (QED) is 0.706. The number of hydrogen-bond acceptors (Lipinski definition) is 2. The zero-order valence-corrected chi connectivity index (χ0v) is 11.4. The summed E-state index contributed by atoms with van der Waals surface area (Å²) in [6.45, 7) is 2.23. The minimum atomic E-state index is 0.665. The summed E-state index contributed by atoms with van der Waals surface area (Å²) < 4.78 is 1.22. The molecule has 0 amide bonds. The van der Waals surface area contributed by atoms with Gasteiger partial charge in [0.1, 0.15) is 0 Å². The highest BCUT2D eigenvalue weighted by Gasteiger charge is 2.03. The van der Waals surface area contributed by atoms with Crippen molar-refractivity contribution in [2.45, 2.75) is 24.3 Å². The largest absolute Gasteiger partial charge is 0.153 e. The number of thioether (sulfide) groups is 1. The van der Waals surface area contributed by atoms with Crippen LogP contribution in [0.15, 0.2) is 15.9 Å². The molecule has 0 nitrogen and oxygen atoms in total. The second kappa shape index (κ2) is 6.33. The van der Waals surface area contributed by atoms with Gasteiger partial charge in [0.15, 0.2) is 0 Å². The lowest BCUT2D eigenvalue weighted by Gasteiger charge is -2.07. The molecule has 13 heavy (non-hydrogen) atoms. The van der Waals surface area contributed by atoms with E-state index in [0.717, 1.165) is 18.1 Å². The van der Waals surface area contributed by atoms with Crippen molar-refractivity contribution in [1.29, 1.82) is 0 Å². The van der Waals surface area contributed by atoms with Crippen LogP contribution in [0, 0.1) is 0 Å². The third-order valence-electron chi connectivity index (χ3n) is 1.65. The summed E-state index contributed by atoms with van der Waals surface area (Å²) >= 11 is 12.9. The molecule has 0 aliphatic carbocycles. The van der Waals surface area contributed by atoms with Gasteiger partial charge in [0.05, 0.1) is 3.79 Å². The van der Waals surface area contributed by atoms with Gasteiger partial charge in [-0.3, -0.25) is 0 Å². The van der Waals surface area contributed by atoms with E-state index in [1.807, 2.05) is 23.1 Å². The Kier molecular flexibility index (Phi) is 5.79. The molecule has 4 heteroatoms. The summed E-state index contributed by atoms with van der Waals surface area (Å²) in [5.41, 5.74) is 0. The first kappa shape index (κ1) is 11.9. The normalized spacial score (nSPS) is 13.2. The van der Waals surface area contributed by atoms with Gasteiger partial charge in [-0.2, -0.15) is 11.8 Å². The molecular weight excluding hydrogens is 288 g/mol. The van der Waals surface area contributed by atoms with E-state index in [2.05, 4.69) is 35.0 Å². The van der Waals surface area contributed by atoms with Crippen LogP contribution in [0.1, 0.15) is 18.2 Å². The molecule has 0 aliphatic heterocycles. The number of halogens is 2. The second-order valence-electron chi connectivity index (χ2n) is 2.81. The van der Waals surface area contributed by atoms with Crippen molar-refractivity contribution >= 4 is 50.6 Å². The van der Waals surface area contributed by atoms with E-state index in [4.69, 9.17) is 11.6 Å². The minimum Gasteiger partial charge on any atom is -0.153 e. The Labute approximate surface area is 101 Å². The Morgan fingerprint density at radius 1 is 1.62 bits per heavy atom. The molecule has 1 rings (SSSR count). The second-order valence-corrected chi connectivity index (χ2v) is 7.16. The third-order valence-corrected chi connectivity index (χ3v) is 4.96. The van der Waals surface area contributed by atoms with Crippen molar-refractivity contribution in [1.82, 2.24) is 0 Å². The van der Waals surface area contributed by atoms with E-state index in [-0.39, 0.29) is 0 Å². The van der Waals surface area contributed by atoms with Gasteiger partial charge in [0.2, 0.25) is 0 Å². The highest BCUT2D eigenvalue weighted by Crippen LogP contribution is 2.27. The van der Waals surface area contributed by atoms with Crippen molar-refractivity contribution in [3.05, 3.63) is 20.8 Å². The number of alkyl halides is 1. The van der Waals surface area contributed by atoms with E-state index in [1.165, 1.54) is 8.66 Å². The van der Waals surface area contributed by atoms with Crippen molar-refractivity contribution in [3.63, 3.8) is 0 Å². The Morgan fingerprint density at radius 3 is 2.92 bits per heavy atom. The average Bonchev–Trinajstić information content (AvgIpc) is 2.49. The van der Waals surface area contributed by atoms with Crippen LogP contribution in [0.25, 0.3) is 0 Å². The molecule has 0 saturated heterocycles. The maximum Gasteiger partial charge on any atom is 0.0701 e. The standard InChI is InChI=1S/C9H12BrClS2/c1-7(4-5-11)12-6-8-2-3-9(10)13-8/h2-3,7H,4-6H2,1H3. The maximum atomic E-state index is 5.66. The topological polar surface area (TPSA) is 0 Å². The lowest BCUT2D eigenvalue weighted by molar-refractivity contribution is 0.912. The lowest BCUT2D eigenvalue weighted by Crippen LogP contribution is -1.96. The molecule has 0 aliphatic rings. The summed E-state index contributed by atoms with van der Waals surface area (Å²) in [5, 5.41) is 0.665. The van der Waals surface area contributed by atoms with Crippen LogP contribution in [0.4, 0.5) is 0 Å². The SMILES string of the molecule is CC(CCCl)SCc1ccc(Br)s1.